The smallest absolute Gasteiger partial charge is 0.263 e. The number of unbranched alkanes of at least 4 members (excludes halogenated alkanes) is 2. The zero-order valence-corrected chi connectivity index (χ0v) is 15.0. The zero-order valence-electron chi connectivity index (χ0n) is 13.4. The Labute approximate surface area is 145 Å². The summed E-state index contributed by atoms with van der Waals surface area (Å²) in [5.74, 6) is 0.682. The highest BCUT2D eigenvalue weighted by molar-refractivity contribution is 7.13. The molecule has 0 aliphatic heterocycles. The number of carbonyl (C=O) groups is 1. The molecule has 124 valence electrons. The Morgan fingerprint density at radius 2 is 2.04 bits per heavy atom. The van der Waals surface area contributed by atoms with Crippen molar-refractivity contribution in [3.63, 3.8) is 0 Å². The number of halogens is 1. The minimum atomic E-state index is -0.0474. The maximum atomic E-state index is 12.2. The van der Waals surface area contributed by atoms with Gasteiger partial charge in [0.15, 0.2) is 0 Å². The number of hydrogen-bond donors (Lipinski definition) is 1. The molecule has 1 aromatic carbocycles. The van der Waals surface area contributed by atoms with E-state index in [1.54, 1.807) is 12.1 Å². The quantitative estimate of drug-likeness (QED) is 0.706. The number of hydrogen-bond acceptors (Lipinski definition) is 4. The van der Waals surface area contributed by atoms with Crippen LogP contribution in [-0.4, -0.2) is 17.4 Å². The third-order valence-electron chi connectivity index (χ3n) is 3.29. The summed E-state index contributed by atoms with van der Waals surface area (Å²) in [5.41, 5.74) is 0.748. The lowest BCUT2D eigenvalue weighted by Gasteiger charge is -2.03. The third kappa shape index (κ3) is 5.52. The normalized spacial score (nSPS) is 10.6. The predicted molar refractivity (Wildman–Crippen MR) is 94.5 cm³/mol. The molecular weight excluding hydrogens is 332 g/mol. The molecule has 0 saturated heterocycles. The monoisotopic (exact) mass is 352 g/mol. The van der Waals surface area contributed by atoms with Crippen LogP contribution >= 0.6 is 22.9 Å². The number of aryl methyl sites for hydroxylation is 1. The fraction of sp³-hybridized carbons (Fsp3) is 0.412. The lowest BCUT2D eigenvalue weighted by Crippen LogP contribution is -2.24. The molecule has 23 heavy (non-hydrogen) atoms. The number of thiazole rings is 1. The Morgan fingerprint density at radius 1 is 1.30 bits per heavy atom. The van der Waals surface area contributed by atoms with Crippen LogP contribution in [0, 0.1) is 6.92 Å². The van der Waals surface area contributed by atoms with Gasteiger partial charge in [0.05, 0.1) is 5.69 Å². The van der Waals surface area contributed by atoms with Gasteiger partial charge in [-0.25, -0.2) is 4.98 Å². The van der Waals surface area contributed by atoms with Crippen molar-refractivity contribution in [3.05, 3.63) is 44.9 Å². The van der Waals surface area contributed by atoms with Crippen molar-refractivity contribution in [2.45, 2.75) is 39.7 Å². The zero-order chi connectivity index (χ0) is 16.7. The maximum absolute atomic E-state index is 12.2. The van der Waals surface area contributed by atoms with Crippen molar-refractivity contribution < 1.29 is 9.53 Å². The predicted octanol–water partition coefficient (Wildman–Crippen LogP) is 4.60. The van der Waals surface area contributed by atoms with Gasteiger partial charge in [-0.15, -0.1) is 11.3 Å². The highest BCUT2D eigenvalue weighted by Crippen LogP contribution is 2.21. The summed E-state index contributed by atoms with van der Waals surface area (Å²) in [6.45, 7) is 5.04. The first kappa shape index (κ1) is 17.8. The second-order valence-electron chi connectivity index (χ2n) is 5.23. The van der Waals surface area contributed by atoms with Gasteiger partial charge < -0.3 is 10.1 Å². The Morgan fingerprint density at radius 3 is 2.74 bits per heavy atom. The number of nitrogens with zero attached hydrogens (tertiary/aromatic N) is 1. The lowest BCUT2D eigenvalue weighted by atomic mass is 10.2. The van der Waals surface area contributed by atoms with Crippen LogP contribution in [-0.2, 0) is 6.61 Å². The van der Waals surface area contributed by atoms with E-state index in [1.165, 1.54) is 11.3 Å². The van der Waals surface area contributed by atoms with Crippen LogP contribution in [0.15, 0.2) is 24.3 Å². The van der Waals surface area contributed by atoms with Gasteiger partial charge >= 0.3 is 0 Å². The first-order valence-electron chi connectivity index (χ1n) is 7.73. The van der Waals surface area contributed by atoms with Gasteiger partial charge in [0, 0.05) is 11.6 Å². The Hall–Kier alpha value is -1.59. The minimum absolute atomic E-state index is 0.0474. The number of ether oxygens (including phenoxy) is 1. The fourth-order valence-electron chi connectivity index (χ4n) is 2.06. The van der Waals surface area contributed by atoms with Crippen LogP contribution in [0.25, 0.3) is 0 Å². The third-order valence-corrected chi connectivity index (χ3v) is 4.67. The lowest BCUT2D eigenvalue weighted by molar-refractivity contribution is 0.0956. The van der Waals surface area contributed by atoms with Crippen molar-refractivity contribution >= 4 is 28.8 Å². The molecule has 6 heteroatoms. The van der Waals surface area contributed by atoms with E-state index < -0.39 is 0 Å². The molecule has 1 aromatic heterocycles. The summed E-state index contributed by atoms with van der Waals surface area (Å²) >= 11 is 7.22. The number of amides is 1. The molecule has 0 fully saturated rings. The fourth-order valence-corrected chi connectivity index (χ4v) is 3.08. The second kappa shape index (κ2) is 8.89. The van der Waals surface area contributed by atoms with Crippen molar-refractivity contribution in [1.29, 1.82) is 0 Å². The van der Waals surface area contributed by atoms with Gasteiger partial charge in [-0.3, -0.25) is 4.79 Å². The molecule has 1 N–H and O–H groups in total. The van der Waals surface area contributed by atoms with Gasteiger partial charge in [-0.2, -0.15) is 0 Å². The first-order chi connectivity index (χ1) is 11.1. The number of aromatic nitrogens is 1. The summed E-state index contributed by atoms with van der Waals surface area (Å²) < 4.78 is 5.67. The molecule has 0 spiro atoms. The van der Waals surface area contributed by atoms with Crippen LogP contribution in [0.4, 0.5) is 0 Å². The molecule has 4 nitrogen and oxygen atoms in total. The second-order valence-corrected chi connectivity index (χ2v) is 6.75. The molecule has 1 heterocycles. The standard InChI is InChI=1S/C17H21ClN2O2S/c1-3-4-5-10-19-17(21)16-12(2)20-15(23-16)11-22-14-8-6-13(18)7-9-14/h6-9H,3-5,10-11H2,1-2H3,(H,19,21). The van der Waals surface area contributed by atoms with E-state index in [0.717, 1.165) is 35.7 Å². The first-order valence-corrected chi connectivity index (χ1v) is 8.92. The van der Waals surface area contributed by atoms with E-state index in [2.05, 4.69) is 17.2 Å². The van der Waals surface area contributed by atoms with Crippen LogP contribution in [0.3, 0.4) is 0 Å². The summed E-state index contributed by atoms with van der Waals surface area (Å²) in [5, 5.41) is 4.40. The number of benzene rings is 1. The Balaban J connectivity index is 1.89. The Kier molecular flexibility index (Phi) is 6.86. The van der Waals surface area contributed by atoms with Crippen molar-refractivity contribution in [2.75, 3.05) is 6.54 Å². The molecule has 0 radical (unpaired) electrons. The summed E-state index contributed by atoms with van der Waals surface area (Å²) in [4.78, 5) is 17.2. The molecule has 0 unspecified atom stereocenters. The van der Waals surface area contributed by atoms with Gasteiger partial charge in [-0.1, -0.05) is 31.4 Å². The average Bonchev–Trinajstić information content (AvgIpc) is 2.92. The van der Waals surface area contributed by atoms with E-state index >= 15 is 0 Å². The largest absolute Gasteiger partial charge is 0.486 e. The highest BCUT2D eigenvalue weighted by Gasteiger charge is 2.15. The molecule has 0 aliphatic rings. The highest BCUT2D eigenvalue weighted by atomic mass is 35.5. The summed E-state index contributed by atoms with van der Waals surface area (Å²) in [6.07, 6.45) is 3.27. The van der Waals surface area contributed by atoms with E-state index in [1.807, 2.05) is 19.1 Å². The molecular formula is C17H21ClN2O2S. The van der Waals surface area contributed by atoms with Crippen molar-refractivity contribution in [1.82, 2.24) is 10.3 Å². The molecule has 0 aliphatic carbocycles. The number of rotatable bonds is 8. The van der Waals surface area contributed by atoms with E-state index in [9.17, 15) is 4.79 Å². The SMILES string of the molecule is CCCCCNC(=O)c1sc(COc2ccc(Cl)cc2)nc1C. The maximum Gasteiger partial charge on any atom is 0.263 e. The molecule has 0 atom stereocenters. The van der Waals surface area contributed by atoms with Crippen molar-refractivity contribution in [2.24, 2.45) is 0 Å². The summed E-state index contributed by atoms with van der Waals surface area (Å²) in [7, 11) is 0. The number of carbonyl (C=O) groups excluding carboxylic acids is 1. The molecule has 2 aromatic rings. The molecule has 1 amide bonds. The van der Waals surface area contributed by atoms with Crippen LogP contribution in [0.2, 0.25) is 5.02 Å². The van der Waals surface area contributed by atoms with Gasteiger partial charge in [-0.05, 0) is 37.6 Å². The molecule has 2 rings (SSSR count). The van der Waals surface area contributed by atoms with Crippen LogP contribution < -0.4 is 10.1 Å². The molecule has 0 saturated carbocycles. The Bertz CT molecular complexity index is 641. The van der Waals surface area contributed by atoms with Crippen LogP contribution in [0.5, 0.6) is 5.75 Å². The van der Waals surface area contributed by atoms with Gasteiger partial charge in [0.2, 0.25) is 0 Å². The number of nitrogens with one attached hydrogen (secondary N) is 1. The topological polar surface area (TPSA) is 51.2 Å². The molecule has 0 bridgehead atoms. The van der Waals surface area contributed by atoms with Crippen LogP contribution in [0.1, 0.15) is 46.6 Å². The van der Waals surface area contributed by atoms with Gasteiger partial charge in [0.25, 0.3) is 5.91 Å². The minimum Gasteiger partial charge on any atom is -0.486 e. The summed E-state index contributed by atoms with van der Waals surface area (Å²) in [6, 6.07) is 7.17. The van der Waals surface area contributed by atoms with Crippen molar-refractivity contribution in [3.8, 4) is 5.75 Å². The van der Waals surface area contributed by atoms with E-state index in [-0.39, 0.29) is 5.91 Å². The van der Waals surface area contributed by atoms with E-state index in [4.69, 9.17) is 16.3 Å². The van der Waals surface area contributed by atoms with Gasteiger partial charge in [0.1, 0.15) is 22.2 Å². The van der Waals surface area contributed by atoms with E-state index in [0.29, 0.717) is 23.1 Å². The average molecular weight is 353 g/mol.